The molecule has 2 rings (SSSR count). The summed E-state index contributed by atoms with van der Waals surface area (Å²) in [5, 5.41) is 22.8. The molecule has 0 saturated heterocycles. The van der Waals surface area contributed by atoms with Gasteiger partial charge in [-0.3, -0.25) is 14.9 Å². The standard InChI is InChI=1S/C21H18IN3O5/c1-3-8-30-20-18(22)10-14(11-19(20)29-4-2)9-15(13-23)21(26)24-16-6-5-7-17(12-16)25(27)28/h3,5-7,9-12H,1,4,8H2,2H3,(H,24,26)/b15-9-. The second-order valence-electron chi connectivity index (χ2n) is 5.79. The molecular formula is C21H18IN3O5. The minimum Gasteiger partial charge on any atom is -0.490 e. The highest BCUT2D eigenvalue weighted by Gasteiger charge is 2.15. The zero-order chi connectivity index (χ0) is 22.1. The first kappa shape index (κ1) is 22.9. The summed E-state index contributed by atoms with van der Waals surface area (Å²) in [6.45, 7) is 6.17. The van der Waals surface area contributed by atoms with E-state index in [-0.39, 0.29) is 16.9 Å². The number of nitriles is 1. The first-order valence-electron chi connectivity index (χ1n) is 8.77. The fourth-order valence-corrected chi connectivity index (χ4v) is 3.21. The number of benzene rings is 2. The number of nitrogens with zero attached hydrogens (tertiary/aromatic N) is 2. The quantitative estimate of drug-likeness (QED) is 0.128. The maximum Gasteiger partial charge on any atom is 0.271 e. The molecule has 0 unspecified atom stereocenters. The molecule has 8 nitrogen and oxygen atoms in total. The molecule has 9 heteroatoms. The molecule has 0 fully saturated rings. The monoisotopic (exact) mass is 519 g/mol. The molecule has 0 atom stereocenters. The number of amides is 1. The Balaban J connectivity index is 2.33. The van der Waals surface area contributed by atoms with Gasteiger partial charge < -0.3 is 14.8 Å². The maximum absolute atomic E-state index is 12.5. The van der Waals surface area contributed by atoms with Crippen molar-refractivity contribution in [3.63, 3.8) is 0 Å². The lowest BCUT2D eigenvalue weighted by Gasteiger charge is -2.14. The zero-order valence-corrected chi connectivity index (χ0v) is 18.2. The van der Waals surface area contributed by atoms with Gasteiger partial charge in [-0.2, -0.15) is 5.26 Å². The zero-order valence-electron chi connectivity index (χ0n) is 16.1. The first-order valence-corrected chi connectivity index (χ1v) is 9.85. The van der Waals surface area contributed by atoms with E-state index in [1.54, 1.807) is 18.2 Å². The minimum atomic E-state index is -0.682. The number of rotatable bonds is 9. The van der Waals surface area contributed by atoms with E-state index in [9.17, 15) is 20.2 Å². The van der Waals surface area contributed by atoms with E-state index in [0.29, 0.717) is 30.3 Å². The highest BCUT2D eigenvalue weighted by atomic mass is 127. The molecule has 1 amide bonds. The molecular weight excluding hydrogens is 501 g/mol. The van der Waals surface area contributed by atoms with Crippen LogP contribution in [0.2, 0.25) is 0 Å². The summed E-state index contributed by atoms with van der Waals surface area (Å²) in [6.07, 6.45) is 3.03. The predicted molar refractivity (Wildman–Crippen MR) is 121 cm³/mol. The van der Waals surface area contributed by atoms with Crippen molar-refractivity contribution in [1.29, 1.82) is 5.26 Å². The number of ether oxygens (including phenoxy) is 2. The smallest absolute Gasteiger partial charge is 0.271 e. The number of non-ortho nitro benzene ring substituents is 1. The van der Waals surface area contributed by atoms with Crippen molar-refractivity contribution in [2.75, 3.05) is 18.5 Å². The Morgan fingerprint density at radius 2 is 2.13 bits per heavy atom. The Bertz CT molecular complexity index is 1040. The Morgan fingerprint density at radius 3 is 2.77 bits per heavy atom. The van der Waals surface area contributed by atoms with Crippen LogP contribution in [-0.2, 0) is 4.79 Å². The average molecular weight is 519 g/mol. The Labute approximate surface area is 187 Å². The molecule has 30 heavy (non-hydrogen) atoms. The fraction of sp³-hybridized carbons (Fsp3) is 0.143. The van der Waals surface area contributed by atoms with Gasteiger partial charge in [-0.15, -0.1) is 0 Å². The van der Waals surface area contributed by atoms with E-state index >= 15 is 0 Å². The van der Waals surface area contributed by atoms with Gasteiger partial charge in [0.25, 0.3) is 11.6 Å². The van der Waals surface area contributed by atoms with Gasteiger partial charge in [0.2, 0.25) is 0 Å². The third kappa shape index (κ3) is 6.05. The number of nitro groups is 1. The lowest BCUT2D eigenvalue weighted by atomic mass is 10.1. The number of nitro benzene ring substituents is 1. The second-order valence-corrected chi connectivity index (χ2v) is 6.96. The molecule has 0 aliphatic rings. The highest BCUT2D eigenvalue weighted by molar-refractivity contribution is 14.1. The summed E-state index contributed by atoms with van der Waals surface area (Å²) in [6, 6.07) is 10.7. The summed E-state index contributed by atoms with van der Waals surface area (Å²) >= 11 is 2.08. The van der Waals surface area contributed by atoms with Crippen molar-refractivity contribution in [2.24, 2.45) is 0 Å². The van der Waals surface area contributed by atoms with Crippen LogP contribution >= 0.6 is 22.6 Å². The first-order chi connectivity index (χ1) is 14.4. The normalized spacial score (nSPS) is 10.6. The Hall–Kier alpha value is -3.39. The molecule has 0 aliphatic heterocycles. The summed E-state index contributed by atoms with van der Waals surface area (Å²) in [5.74, 6) is 0.348. The molecule has 0 radical (unpaired) electrons. The second kappa shape index (κ2) is 11.0. The number of nitrogens with one attached hydrogen (secondary N) is 1. The molecule has 0 aliphatic carbocycles. The van der Waals surface area contributed by atoms with Gasteiger partial charge in [0.05, 0.1) is 15.1 Å². The Kier molecular flexibility index (Phi) is 8.37. The van der Waals surface area contributed by atoms with Crippen LogP contribution in [0.3, 0.4) is 0 Å². The number of carbonyl (C=O) groups excluding carboxylic acids is 1. The van der Waals surface area contributed by atoms with Gasteiger partial charge >= 0.3 is 0 Å². The van der Waals surface area contributed by atoms with Crippen LogP contribution in [0.1, 0.15) is 12.5 Å². The molecule has 2 aromatic rings. The van der Waals surface area contributed by atoms with E-state index in [4.69, 9.17) is 9.47 Å². The fourth-order valence-electron chi connectivity index (χ4n) is 2.43. The summed E-state index contributed by atoms with van der Waals surface area (Å²) in [7, 11) is 0. The van der Waals surface area contributed by atoms with Gasteiger partial charge in [-0.25, -0.2) is 0 Å². The van der Waals surface area contributed by atoms with Crippen LogP contribution in [0, 0.1) is 25.0 Å². The van der Waals surface area contributed by atoms with Crippen LogP contribution in [-0.4, -0.2) is 24.0 Å². The molecule has 0 spiro atoms. The Morgan fingerprint density at radius 1 is 1.37 bits per heavy atom. The lowest BCUT2D eigenvalue weighted by Crippen LogP contribution is -2.13. The van der Waals surface area contributed by atoms with Crippen molar-refractivity contribution in [3.05, 3.63) is 73.9 Å². The number of carbonyl (C=O) groups is 1. The number of anilines is 1. The number of hydrogen-bond acceptors (Lipinski definition) is 6. The maximum atomic E-state index is 12.5. The van der Waals surface area contributed by atoms with Crippen LogP contribution < -0.4 is 14.8 Å². The average Bonchev–Trinajstić information content (AvgIpc) is 2.71. The molecule has 0 saturated carbocycles. The van der Waals surface area contributed by atoms with Crippen molar-refractivity contribution in [3.8, 4) is 17.6 Å². The minimum absolute atomic E-state index is 0.165. The molecule has 0 aromatic heterocycles. The van der Waals surface area contributed by atoms with Crippen molar-refractivity contribution in [2.45, 2.75) is 6.92 Å². The van der Waals surface area contributed by atoms with Gasteiger partial charge in [-0.1, -0.05) is 18.7 Å². The van der Waals surface area contributed by atoms with Gasteiger partial charge in [0, 0.05) is 17.8 Å². The van der Waals surface area contributed by atoms with Crippen molar-refractivity contribution >= 4 is 45.9 Å². The van der Waals surface area contributed by atoms with Crippen LogP contribution in [0.4, 0.5) is 11.4 Å². The van der Waals surface area contributed by atoms with E-state index in [1.807, 2.05) is 13.0 Å². The van der Waals surface area contributed by atoms with Gasteiger partial charge in [0.1, 0.15) is 18.2 Å². The SMILES string of the molecule is C=CCOc1c(I)cc(/C=C(/C#N)C(=O)Nc2cccc([N+](=O)[O-])c2)cc1OCC. The largest absolute Gasteiger partial charge is 0.490 e. The lowest BCUT2D eigenvalue weighted by molar-refractivity contribution is -0.384. The summed E-state index contributed by atoms with van der Waals surface area (Å²) in [5.41, 5.74) is 0.452. The van der Waals surface area contributed by atoms with Crippen LogP contribution in [0.5, 0.6) is 11.5 Å². The van der Waals surface area contributed by atoms with Crippen molar-refractivity contribution in [1.82, 2.24) is 0 Å². The molecule has 1 N–H and O–H groups in total. The van der Waals surface area contributed by atoms with Crippen LogP contribution in [0.25, 0.3) is 6.08 Å². The molecule has 154 valence electrons. The third-order valence-electron chi connectivity index (χ3n) is 3.67. The predicted octanol–water partition coefficient (Wildman–Crippen LogP) is 4.71. The number of hydrogen-bond donors (Lipinski definition) is 1. The van der Waals surface area contributed by atoms with Crippen molar-refractivity contribution < 1.29 is 19.2 Å². The summed E-state index contributed by atoms with van der Waals surface area (Å²) < 4.78 is 12.0. The molecule has 2 aromatic carbocycles. The van der Waals surface area contributed by atoms with Gasteiger partial charge in [0.15, 0.2) is 11.5 Å². The molecule has 0 bridgehead atoms. The van der Waals surface area contributed by atoms with E-state index in [0.717, 1.165) is 3.57 Å². The van der Waals surface area contributed by atoms with E-state index in [2.05, 4.69) is 34.5 Å². The topological polar surface area (TPSA) is 114 Å². The highest BCUT2D eigenvalue weighted by Crippen LogP contribution is 2.35. The van der Waals surface area contributed by atoms with E-state index < -0.39 is 10.8 Å². The van der Waals surface area contributed by atoms with Gasteiger partial charge in [-0.05, 0) is 59.4 Å². The number of halogens is 1. The van der Waals surface area contributed by atoms with E-state index in [1.165, 1.54) is 30.3 Å². The molecule has 0 heterocycles. The summed E-state index contributed by atoms with van der Waals surface area (Å²) in [4.78, 5) is 22.8. The van der Waals surface area contributed by atoms with Crippen LogP contribution in [0.15, 0.2) is 54.6 Å². The third-order valence-corrected chi connectivity index (χ3v) is 4.47.